The normalized spacial score (nSPS) is 20.6. The number of likely N-dealkylation sites (tertiary alicyclic amines) is 1. The van der Waals surface area contributed by atoms with Crippen LogP contribution in [0.25, 0.3) is 0 Å². The highest BCUT2D eigenvalue weighted by atomic mass is 32.1. The molecular weight excluding hydrogens is 232 g/mol. The molecule has 3 nitrogen and oxygen atoms in total. The third kappa shape index (κ3) is 3.78. The zero-order valence-electron chi connectivity index (χ0n) is 10.4. The van der Waals surface area contributed by atoms with Gasteiger partial charge in [-0.15, -0.1) is 11.3 Å². The Kier molecular flexibility index (Phi) is 4.98. The number of nitrogens with zero attached hydrogens (tertiary/aromatic N) is 1. The summed E-state index contributed by atoms with van der Waals surface area (Å²) in [4.78, 5) is 3.57. The summed E-state index contributed by atoms with van der Waals surface area (Å²) in [5.74, 6) is 0. The summed E-state index contributed by atoms with van der Waals surface area (Å²) in [6.07, 6.45) is 2.31. The van der Waals surface area contributed by atoms with Gasteiger partial charge < -0.3 is 10.4 Å². The van der Waals surface area contributed by atoms with Gasteiger partial charge in [-0.3, -0.25) is 4.90 Å². The fourth-order valence-electron chi connectivity index (χ4n) is 2.32. The Balaban J connectivity index is 1.65. The molecule has 1 aromatic heterocycles. The van der Waals surface area contributed by atoms with Crippen molar-refractivity contribution >= 4 is 11.3 Å². The van der Waals surface area contributed by atoms with E-state index in [9.17, 15) is 5.11 Å². The average Bonchev–Trinajstić information content (AvgIpc) is 3.02. The summed E-state index contributed by atoms with van der Waals surface area (Å²) in [6.45, 7) is 6.34. The lowest BCUT2D eigenvalue weighted by Gasteiger charge is -2.24. The Hall–Kier alpha value is -0.420. The summed E-state index contributed by atoms with van der Waals surface area (Å²) in [5.41, 5.74) is 0. The van der Waals surface area contributed by atoms with Crippen molar-refractivity contribution in [3.05, 3.63) is 22.4 Å². The second kappa shape index (κ2) is 6.50. The quantitative estimate of drug-likeness (QED) is 0.813. The Bertz CT molecular complexity index is 309. The Morgan fingerprint density at radius 1 is 1.41 bits per heavy atom. The lowest BCUT2D eigenvalue weighted by molar-refractivity contribution is 0.171. The van der Waals surface area contributed by atoms with E-state index in [1.807, 2.05) is 17.5 Å². The van der Waals surface area contributed by atoms with Gasteiger partial charge in [0.15, 0.2) is 0 Å². The number of hydrogen-bond donors (Lipinski definition) is 2. The van der Waals surface area contributed by atoms with Crippen LogP contribution in [0.3, 0.4) is 0 Å². The summed E-state index contributed by atoms with van der Waals surface area (Å²) < 4.78 is 0. The van der Waals surface area contributed by atoms with Crippen molar-refractivity contribution in [1.29, 1.82) is 0 Å². The molecule has 1 aliphatic rings. The molecule has 1 aromatic rings. The smallest absolute Gasteiger partial charge is 0.101 e. The van der Waals surface area contributed by atoms with Crippen molar-refractivity contribution in [3.8, 4) is 0 Å². The molecule has 1 aliphatic heterocycles. The van der Waals surface area contributed by atoms with E-state index in [0.29, 0.717) is 12.6 Å². The van der Waals surface area contributed by atoms with Crippen LogP contribution in [0.5, 0.6) is 0 Å². The maximum atomic E-state index is 9.92. The van der Waals surface area contributed by atoms with E-state index < -0.39 is 0 Å². The molecule has 0 aliphatic carbocycles. The van der Waals surface area contributed by atoms with Crippen molar-refractivity contribution in [1.82, 2.24) is 10.2 Å². The Morgan fingerprint density at radius 2 is 2.18 bits per heavy atom. The van der Waals surface area contributed by atoms with Crippen LogP contribution >= 0.6 is 11.3 Å². The lowest BCUT2D eigenvalue weighted by Crippen LogP contribution is -2.39. The van der Waals surface area contributed by atoms with Gasteiger partial charge in [-0.05, 0) is 44.3 Å². The zero-order chi connectivity index (χ0) is 12.1. The molecule has 0 saturated carbocycles. The molecule has 17 heavy (non-hydrogen) atoms. The molecule has 96 valence electrons. The fraction of sp³-hybridized carbons (Fsp3) is 0.692. The van der Waals surface area contributed by atoms with Crippen LogP contribution in [0.1, 0.15) is 30.7 Å². The first kappa shape index (κ1) is 13.0. The van der Waals surface area contributed by atoms with Gasteiger partial charge in [-0.25, -0.2) is 0 Å². The lowest BCUT2D eigenvalue weighted by atomic mass is 10.2. The third-order valence-corrected chi connectivity index (χ3v) is 4.39. The number of aliphatic hydroxyl groups is 1. The Labute approximate surface area is 107 Å². The summed E-state index contributed by atoms with van der Waals surface area (Å²) >= 11 is 1.61. The van der Waals surface area contributed by atoms with Crippen molar-refractivity contribution in [2.75, 3.05) is 26.2 Å². The average molecular weight is 254 g/mol. The molecule has 2 rings (SSSR count). The fourth-order valence-corrected chi connectivity index (χ4v) is 3.03. The summed E-state index contributed by atoms with van der Waals surface area (Å²) in [5, 5.41) is 15.3. The van der Waals surface area contributed by atoms with E-state index in [2.05, 4.69) is 17.1 Å². The minimum absolute atomic E-state index is 0.360. The Morgan fingerprint density at radius 3 is 2.82 bits per heavy atom. The third-order valence-electron chi connectivity index (χ3n) is 3.41. The molecule has 4 heteroatoms. The van der Waals surface area contributed by atoms with Crippen LogP contribution in [0.4, 0.5) is 0 Å². The minimum Gasteiger partial charge on any atom is -0.386 e. The van der Waals surface area contributed by atoms with Crippen molar-refractivity contribution in [2.45, 2.75) is 31.9 Å². The van der Waals surface area contributed by atoms with Crippen LogP contribution in [0, 0.1) is 0 Å². The number of nitrogens with one attached hydrogen (secondary N) is 1. The van der Waals surface area contributed by atoms with Gasteiger partial charge >= 0.3 is 0 Å². The number of hydrogen-bond acceptors (Lipinski definition) is 4. The van der Waals surface area contributed by atoms with E-state index in [1.165, 1.54) is 25.9 Å². The molecule has 2 heterocycles. The standard InChI is InChI=1S/C13H22N2OS/c1-11(15-6-2-3-7-15)9-14-10-12(16)13-5-4-8-17-13/h4-5,8,11-12,14,16H,2-3,6-7,9-10H2,1H3. The highest BCUT2D eigenvalue weighted by molar-refractivity contribution is 7.10. The second-order valence-electron chi connectivity index (χ2n) is 4.78. The van der Waals surface area contributed by atoms with Crippen LogP contribution in [0.15, 0.2) is 17.5 Å². The molecule has 0 aromatic carbocycles. The molecule has 2 unspecified atom stereocenters. The minimum atomic E-state index is -0.360. The van der Waals surface area contributed by atoms with E-state index >= 15 is 0 Å². The highest BCUT2D eigenvalue weighted by Crippen LogP contribution is 2.17. The van der Waals surface area contributed by atoms with E-state index in [0.717, 1.165) is 11.4 Å². The molecule has 0 spiro atoms. The maximum Gasteiger partial charge on any atom is 0.101 e. The van der Waals surface area contributed by atoms with Gasteiger partial charge in [0.25, 0.3) is 0 Å². The van der Waals surface area contributed by atoms with Gasteiger partial charge in [0.2, 0.25) is 0 Å². The van der Waals surface area contributed by atoms with E-state index in [1.54, 1.807) is 11.3 Å². The first-order valence-corrected chi connectivity index (χ1v) is 7.31. The predicted molar refractivity (Wildman–Crippen MR) is 72.4 cm³/mol. The van der Waals surface area contributed by atoms with Gasteiger partial charge in [0.05, 0.1) is 0 Å². The van der Waals surface area contributed by atoms with Crippen molar-refractivity contribution < 1.29 is 5.11 Å². The number of rotatable bonds is 6. The molecule has 0 radical (unpaired) electrons. The molecule has 2 atom stereocenters. The molecule has 0 amide bonds. The first-order valence-electron chi connectivity index (χ1n) is 6.43. The van der Waals surface area contributed by atoms with Gasteiger partial charge in [0, 0.05) is 24.0 Å². The molecule has 1 saturated heterocycles. The predicted octanol–water partition coefficient (Wildman–Crippen LogP) is 1.86. The zero-order valence-corrected chi connectivity index (χ0v) is 11.2. The monoisotopic (exact) mass is 254 g/mol. The topological polar surface area (TPSA) is 35.5 Å². The van der Waals surface area contributed by atoms with E-state index in [-0.39, 0.29) is 6.10 Å². The molecular formula is C13H22N2OS. The van der Waals surface area contributed by atoms with Gasteiger partial charge in [0.1, 0.15) is 6.10 Å². The largest absolute Gasteiger partial charge is 0.386 e. The maximum absolute atomic E-state index is 9.92. The second-order valence-corrected chi connectivity index (χ2v) is 5.76. The summed E-state index contributed by atoms with van der Waals surface area (Å²) in [7, 11) is 0. The molecule has 1 fully saturated rings. The van der Waals surface area contributed by atoms with Crippen LogP contribution in [-0.2, 0) is 0 Å². The number of thiophene rings is 1. The van der Waals surface area contributed by atoms with Crippen molar-refractivity contribution in [3.63, 3.8) is 0 Å². The summed E-state index contributed by atoms with van der Waals surface area (Å²) in [6, 6.07) is 4.55. The first-order chi connectivity index (χ1) is 8.27. The van der Waals surface area contributed by atoms with Gasteiger partial charge in [-0.1, -0.05) is 6.07 Å². The highest BCUT2D eigenvalue weighted by Gasteiger charge is 2.17. The molecule has 2 N–H and O–H groups in total. The number of aliphatic hydroxyl groups excluding tert-OH is 1. The van der Waals surface area contributed by atoms with Crippen LogP contribution in [-0.4, -0.2) is 42.2 Å². The molecule has 0 bridgehead atoms. The van der Waals surface area contributed by atoms with Crippen LogP contribution < -0.4 is 5.32 Å². The van der Waals surface area contributed by atoms with E-state index in [4.69, 9.17) is 0 Å². The van der Waals surface area contributed by atoms with Crippen molar-refractivity contribution in [2.24, 2.45) is 0 Å². The van der Waals surface area contributed by atoms with Crippen LogP contribution in [0.2, 0.25) is 0 Å². The van der Waals surface area contributed by atoms with Gasteiger partial charge in [-0.2, -0.15) is 0 Å². The SMILES string of the molecule is CC(CNCC(O)c1cccs1)N1CCCC1.